The highest BCUT2D eigenvalue weighted by atomic mass is 16.5. The van der Waals surface area contributed by atoms with E-state index in [1.165, 1.54) is 11.1 Å². The van der Waals surface area contributed by atoms with Gasteiger partial charge in [0.1, 0.15) is 11.8 Å². The van der Waals surface area contributed by atoms with E-state index < -0.39 is 5.97 Å². The highest BCUT2D eigenvalue weighted by Crippen LogP contribution is 2.63. The zero-order valence-electron chi connectivity index (χ0n) is 25.1. The second-order valence-corrected chi connectivity index (χ2v) is 12.4. The predicted molar refractivity (Wildman–Crippen MR) is 166 cm³/mol. The van der Waals surface area contributed by atoms with Crippen molar-refractivity contribution in [2.75, 3.05) is 20.7 Å². The molecule has 8 nitrogen and oxygen atoms in total. The standard InChI is InChI=1S/C18H23NO3.C18H15NO3/c1-19-8-7-18-11-4-5-13(20)17(18)22-16-14(21-2)6-3-10(15(16)18)9-12(11)19;20-16(21)12-11-15-19-17(13-7-3-1-4-8-13)18(22-15)14-9-5-2-6-10-14/h3,6,11-13,17,20H,4-5,7-9H2,1-2H3;1-10H,11-12H2,(H,20,21)/t11?,12?,13-,17?,18-;/m0./s1. The smallest absolute Gasteiger partial charge is 0.303 e. The van der Waals surface area contributed by atoms with Crippen LogP contribution in [0.2, 0.25) is 0 Å². The van der Waals surface area contributed by atoms with Crippen molar-refractivity contribution in [1.29, 1.82) is 0 Å². The number of hydrogen-bond acceptors (Lipinski definition) is 7. The monoisotopic (exact) mass is 594 g/mol. The lowest BCUT2D eigenvalue weighted by molar-refractivity contribution is -0.137. The van der Waals surface area contributed by atoms with Gasteiger partial charge < -0.3 is 29.0 Å². The second kappa shape index (κ2) is 11.4. The molecule has 0 amide bonds. The molecule has 44 heavy (non-hydrogen) atoms. The number of carboxylic acids is 1. The van der Waals surface area contributed by atoms with Crippen molar-refractivity contribution in [1.82, 2.24) is 9.88 Å². The number of methoxy groups -OCH3 is 1. The molecule has 2 N–H and O–H groups in total. The zero-order valence-corrected chi connectivity index (χ0v) is 25.1. The second-order valence-electron chi connectivity index (χ2n) is 12.4. The van der Waals surface area contributed by atoms with Gasteiger partial charge in [0.15, 0.2) is 23.1 Å². The number of carbonyl (C=O) groups is 1. The molecule has 8 rings (SSSR count). The summed E-state index contributed by atoms with van der Waals surface area (Å²) < 4.78 is 17.7. The third-order valence-corrected chi connectivity index (χ3v) is 10.1. The molecule has 0 radical (unpaired) electrons. The molecular formula is C36H38N2O6. The molecule has 2 aliphatic heterocycles. The number of aliphatic hydroxyl groups excluding tert-OH is 1. The Bertz CT molecular complexity index is 1600. The van der Waals surface area contributed by atoms with Crippen LogP contribution in [0.25, 0.3) is 22.6 Å². The molecule has 2 fully saturated rings. The SMILES string of the molecule is COc1ccc2c3c1OC1[C@@H](O)CCC4C(C2)N(C)CC[C@@]341.O=C(O)CCc1nc(-c2ccccc2)c(-c2ccccc2)o1. The van der Waals surface area contributed by atoms with Crippen LogP contribution >= 0.6 is 0 Å². The van der Waals surface area contributed by atoms with E-state index in [2.05, 4.69) is 23.0 Å². The van der Waals surface area contributed by atoms with Gasteiger partial charge >= 0.3 is 5.97 Å². The summed E-state index contributed by atoms with van der Waals surface area (Å²) in [5.74, 6) is 2.60. The number of aryl methyl sites for hydroxylation is 1. The molecule has 228 valence electrons. The number of oxazole rings is 1. The Labute approximate surface area is 257 Å². The number of benzene rings is 3. The Morgan fingerprint density at radius 2 is 1.77 bits per heavy atom. The summed E-state index contributed by atoms with van der Waals surface area (Å²) in [6.45, 7) is 1.09. The predicted octanol–water partition coefficient (Wildman–Crippen LogP) is 5.75. The molecule has 2 aliphatic carbocycles. The largest absolute Gasteiger partial charge is 0.493 e. The number of carboxylic acid groups (broad SMARTS) is 1. The van der Waals surface area contributed by atoms with Crippen molar-refractivity contribution in [3.8, 4) is 34.1 Å². The van der Waals surface area contributed by atoms with Crippen LogP contribution in [0.4, 0.5) is 0 Å². The van der Waals surface area contributed by atoms with E-state index in [-0.39, 0.29) is 30.5 Å². The van der Waals surface area contributed by atoms with Crippen LogP contribution in [0.15, 0.2) is 77.2 Å². The number of ether oxygens (including phenoxy) is 2. The first-order chi connectivity index (χ1) is 21.4. The Morgan fingerprint density at radius 3 is 2.48 bits per heavy atom. The maximum Gasteiger partial charge on any atom is 0.303 e. The fraction of sp³-hybridized carbons (Fsp3) is 0.389. The molecule has 1 saturated carbocycles. The molecule has 3 heterocycles. The highest BCUT2D eigenvalue weighted by Gasteiger charge is 2.65. The maximum atomic E-state index is 10.7. The van der Waals surface area contributed by atoms with Gasteiger partial charge in [-0.1, -0.05) is 66.7 Å². The molecular weight excluding hydrogens is 556 g/mol. The Hall–Kier alpha value is -4.14. The Morgan fingerprint density at radius 1 is 1.05 bits per heavy atom. The van der Waals surface area contributed by atoms with E-state index in [4.69, 9.17) is 19.0 Å². The lowest BCUT2D eigenvalue weighted by Crippen LogP contribution is -2.66. The molecule has 1 saturated heterocycles. The van der Waals surface area contributed by atoms with Gasteiger partial charge in [0.05, 0.1) is 19.6 Å². The van der Waals surface area contributed by atoms with Gasteiger partial charge in [-0.25, -0.2) is 4.98 Å². The molecule has 1 spiro atoms. The molecule has 3 unspecified atom stereocenters. The van der Waals surface area contributed by atoms with Gasteiger partial charge in [-0.05, 0) is 56.8 Å². The van der Waals surface area contributed by atoms with Crippen LogP contribution in [0.3, 0.4) is 0 Å². The van der Waals surface area contributed by atoms with Crippen LogP contribution < -0.4 is 9.47 Å². The van der Waals surface area contributed by atoms with Crippen LogP contribution in [-0.4, -0.2) is 65.0 Å². The van der Waals surface area contributed by atoms with Gasteiger partial charge in [0.25, 0.3) is 0 Å². The van der Waals surface area contributed by atoms with Crippen molar-refractivity contribution in [2.24, 2.45) is 5.92 Å². The summed E-state index contributed by atoms with van der Waals surface area (Å²) in [4.78, 5) is 17.8. The average Bonchev–Trinajstić information content (AvgIpc) is 3.64. The number of nitrogens with zero attached hydrogens (tertiary/aromatic N) is 2. The van der Waals surface area contributed by atoms with Crippen molar-refractivity contribution in [2.45, 2.75) is 62.2 Å². The fourth-order valence-electron chi connectivity index (χ4n) is 8.12. The van der Waals surface area contributed by atoms with Gasteiger partial charge in [-0.3, -0.25) is 4.79 Å². The summed E-state index contributed by atoms with van der Waals surface area (Å²) >= 11 is 0. The van der Waals surface area contributed by atoms with Crippen molar-refractivity contribution >= 4 is 5.97 Å². The van der Waals surface area contributed by atoms with Gasteiger partial charge in [0.2, 0.25) is 0 Å². The number of likely N-dealkylation sites (tertiary alicyclic amines) is 1. The average molecular weight is 595 g/mol. The highest BCUT2D eigenvalue weighted by molar-refractivity contribution is 5.77. The summed E-state index contributed by atoms with van der Waals surface area (Å²) in [6.07, 6.45) is 3.97. The van der Waals surface area contributed by atoms with E-state index in [9.17, 15) is 9.90 Å². The van der Waals surface area contributed by atoms with Gasteiger partial charge in [-0.15, -0.1) is 0 Å². The normalized spacial score (nSPS) is 26.2. The molecule has 4 aromatic rings. The minimum atomic E-state index is -0.860. The number of hydrogen-bond donors (Lipinski definition) is 2. The lowest BCUT2D eigenvalue weighted by Gasteiger charge is -2.58. The molecule has 2 bridgehead atoms. The fourth-order valence-corrected chi connectivity index (χ4v) is 8.12. The minimum Gasteiger partial charge on any atom is -0.493 e. The number of likely N-dealkylation sites (N-methyl/N-ethyl adjacent to an activating group) is 1. The third kappa shape index (κ3) is 4.68. The Balaban J connectivity index is 0.000000142. The molecule has 4 aliphatic rings. The molecule has 8 heteroatoms. The van der Waals surface area contributed by atoms with Gasteiger partial charge in [-0.2, -0.15) is 0 Å². The van der Waals surface area contributed by atoms with Gasteiger partial charge in [0, 0.05) is 34.6 Å². The number of rotatable bonds is 6. The first-order valence-corrected chi connectivity index (χ1v) is 15.5. The summed E-state index contributed by atoms with van der Waals surface area (Å²) in [5.41, 5.74) is 5.39. The molecule has 1 aromatic heterocycles. The summed E-state index contributed by atoms with van der Waals surface area (Å²) in [5, 5.41) is 19.5. The number of aliphatic hydroxyl groups is 1. The minimum absolute atomic E-state index is 0.00295. The van der Waals surface area contributed by atoms with E-state index >= 15 is 0 Å². The van der Waals surface area contributed by atoms with Crippen molar-refractivity contribution in [3.63, 3.8) is 0 Å². The zero-order chi connectivity index (χ0) is 30.4. The van der Waals surface area contributed by atoms with Crippen LogP contribution in [0, 0.1) is 5.92 Å². The number of piperidine rings is 1. The quantitative estimate of drug-likeness (QED) is 0.291. The van der Waals surface area contributed by atoms with Crippen molar-refractivity contribution in [3.05, 3.63) is 89.8 Å². The van der Waals surface area contributed by atoms with Crippen LogP contribution in [-0.2, 0) is 23.1 Å². The third-order valence-electron chi connectivity index (χ3n) is 10.1. The summed E-state index contributed by atoms with van der Waals surface area (Å²) in [7, 11) is 3.96. The first kappa shape index (κ1) is 28.6. The van der Waals surface area contributed by atoms with E-state index in [0.29, 0.717) is 23.6 Å². The number of aromatic nitrogens is 1. The molecule has 5 atom stereocenters. The number of aliphatic carboxylic acids is 1. The van der Waals surface area contributed by atoms with Crippen LogP contribution in [0.5, 0.6) is 11.5 Å². The lowest BCUT2D eigenvalue weighted by atomic mass is 9.51. The van der Waals surface area contributed by atoms with Crippen molar-refractivity contribution < 1.29 is 28.9 Å². The van der Waals surface area contributed by atoms with E-state index in [0.717, 1.165) is 60.5 Å². The topological polar surface area (TPSA) is 105 Å². The van der Waals surface area contributed by atoms with E-state index in [1.54, 1.807) is 7.11 Å². The van der Waals surface area contributed by atoms with Crippen LogP contribution in [0.1, 0.15) is 42.7 Å². The first-order valence-electron chi connectivity index (χ1n) is 15.5. The van der Waals surface area contributed by atoms with E-state index in [1.807, 2.05) is 66.7 Å². The Kier molecular flexibility index (Phi) is 7.42. The maximum absolute atomic E-state index is 10.7. The molecule has 3 aromatic carbocycles. The summed E-state index contributed by atoms with van der Waals surface area (Å²) in [6, 6.07) is 24.3.